The number of hydrogen-bond acceptors (Lipinski definition) is 6. The molecule has 0 bridgehead atoms. The Morgan fingerprint density at radius 3 is 3.15 bits per heavy atom. The molecule has 6 nitrogen and oxygen atoms in total. The van der Waals surface area contributed by atoms with Crippen molar-refractivity contribution in [2.75, 3.05) is 6.79 Å². The van der Waals surface area contributed by atoms with Gasteiger partial charge in [0.2, 0.25) is 5.13 Å². The first kappa shape index (κ1) is 13.0. The predicted octanol–water partition coefficient (Wildman–Crippen LogP) is 1.88. The summed E-state index contributed by atoms with van der Waals surface area (Å²) in [5.41, 5.74) is 5.01. The van der Waals surface area contributed by atoms with Gasteiger partial charge < -0.3 is 9.84 Å². The summed E-state index contributed by atoms with van der Waals surface area (Å²) in [7, 11) is 0. The maximum Gasteiger partial charge on any atom is 0.211 e. The quantitative estimate of drug-likeness (QED) is 0.346. The van der Waals surface area contributed by atoms with E-state index in [-0.39, 0.29) is 6.79 Å². The van der Waals surface area contributed by atoms with Gasteiger partial charge in [-0.3, -0.25) is 10.7 Å². The van der Waals surface area contributed by atoms with Gasteiger partial charge in [0.25, 0.3) is 0 Å². The summed E-state index contributed by atoms with van der Waals surface area (Å²) >= 11 is 1.51. The van der Waals surface area contributed by atoms with E-state index in [2.05, 4.69) is 9.98 Å². The summed E-state index contributed by atoms with van der Waals surface area (Å²) in [4.78, 5) is 9.66. The maximum atomic E-state index is 8.83. The Kier molecular flexibility index (Phi) is 3.64. The van der Waals surface area contributed by atoms with Crippen LogP contribution < -0.4 is 10.2 Å². The van der Waals surface area contributed by atoms with Crippen LogP contribution in [0.1, 0.15) is 10.4 Å². The van der Waals surface area contributed by atoms with Gasteiger partial charge in [-0.25, -0.2) is 9.98 Å². The zero-order chi connectivity index (χ0) is 13.9. The molecule has 1 aromatic carbocycles. The normalized spacial score (nSPS) is 13.1. The Bertz CT molecular complexity index is 654. The fraction of sp³-hybridized carbons (Fsp3) is 0.231. The predicted molar refractivity (Wildman–Crippen MR) is 75.7 cm³/mol. The molecular formula is C13H13N3O3S. The molecule has 0 fully saturated rings. The van der Waals surface area contributed by atoms with Crippen LogP contribution in [0.3, 0.4) is 0 Å². The first-order valence-corrected chi connectivity index (χ1v) is 6.92. The molecular weight excluding hydrogens is 278 g/mol. The molecule has 0 spiro atoms. The summed E-state index contributed by atoms with van der Waals surface area (Å²) in [5, 5.41) is 18.0. The fourth-order valence-corrected chi connectivity index (χ4v) is 3.18. The summed E-state index contributed by atoms with van der Waals surface area (Å²) in [6.07, 6.45) is 3.07. The van der Waals surface area contributed by atoms with Crippen LogP contribution in [-0.2, 0) is 12.8 Å². The summed E-state index contributed by atoms with van der Waals surface area (Å²) < 4.78 is 5.12. The van der Waals surface area contributed by atoms with Crippen LogP contribution in [-0.4, -0.2) is 28.4 Å². The van der Waals surface area contributed by atoms with Gasteiger partial charge in [-0.1, -0.05) is 17.4 Å². The molecule has 0 aliphatic heterocycles. The second-order valence-electron chi connectivity index (χ2n) is 4.25. The van der Waals surface area contributed by atoms with Crippen LogP contribution in [0.15, 0.2) is 23.2 Å². The lowest BCUT2D eigenvalue weighted by atomic mass is 9.93. The number of aromatic nitrogens is 1. The molecule has 0 atom stereocenters. The topological polar surface area (TPSA) is 87.0 Å². The Balaban J connectivity index is 2.02. The van der Waals surface area contributed by atoms with Crippen molar-refractivity contribution in [2.45, 2.75) is 12.8 Å². The number of aliphatic imine (C=N–C) groups is 1. The smallest absolute Gasteiger partial charge is 0.211 e. The standard InChI is InChI=1S/C13H13N3O3S/c17-7-19-9-3-1-8-2-4-11-12(10(8)5-9)16-13(20-11)14-6-15-18/h1,3,5-6,17-18H,2,4,7H2,(H,14,15,16). The number of aryl methyl sites for hydroxylation is 2. The molecule has 7 heteroatoms. The third kappa shape index (κ3) is 2.38. The zero-order valence-electron chi connectivity index (χ0n) is 10.5. The first-order chi connectivity index (χ1) is 9.81. The second kappa shape index (κ2) is 5.58. The van der Waals surface area contributed by atoms with E-state index in [0.29, 0.717) is 10.9 Å². The van der Waals surface area contributed by atoms with E-state index in [9.17, 15) is 0 Å². The Morgan fingerprint density at radius 1 is 1.45 bits per heavy atom. The largest absolute Gasteiger partial charge is 0.468 e. The molecule has 0 radical (unpaired) electrons. The van der Waals surface area contributed by atoms with Gasteiger partial charge in [0, 0.05) is 10.4 Å². The van der Waals surface area contributed by atoms with Crippen molar-refractivity contribution in [1.29, 1.82) is 0 Å². The van der Waals surface area contributed by atoms with E-state index in [4.69, 9.17) is 15.1 Å². The lowest BCUT2D eigenvalue weighted by Gasteiger charge is -2.15. The number of nitrogens with one attached hydrogen (secondary N) is 1. The number of rotatable bonds is 4. The number of thiazole rings is 1. The average Bonchev–Trinajstić information content (AvgIpc) is 2.89. The fourth-order valence-electron chi connectivity index (χ4n) is 2.27. The average molecular weight is 291 g/mol. The molecule has 104 valence electrons. The Morgan fingerprint density at radius 2 is 2.35 bits per heavy atom. The number of fused-ring (bicyclic) bond motifs is 3. The van der Waals surface area contributed by atoms with Crippen LogP contribution in [0.4, 0.5) is 5.13 Å². The van der Waals surface area contributed by atoms with Crippen molar-refractivity contribution in [3.63, 3.8) is 0 Å². The van der Waals surface area contributed by atoms with Crippen LogP contribution in [0, 0.1) is 0 Å². The second-order valence-corrected chi connectivity index (χ2v) is 5.31. The number of benzene rings is 1. The minimum Gasteiger partial charge on any atom is -0.468 e. The van der Waals surface area contributed by atoms with Crippen molar-refractivity contribution < 1.29 is 15.1 Å². The lowest BCUT2D eigenvalue weighted by molar-refractivity contribution is 0.0986. The van der Waals surface area contributed by atoms with Gasteiger partial charge in [-0.15, -0.1) is 0 Å². The molecule has 2 aromatic rings. The van der Waals surface area contributed by atoms with Crippen LogP contribution in [0.5, 0.6) is 5.75 Å². The highest BCUT2D eigenvalue weighted by atomic mass is 32.1. The SMILES string of the molecule is OCOc1ccc2c(c1)-c1nc(/N=C/NO)sc1CC2. The van der Waals surface area contributed by atoms with Crippen molar-refractivity contribution >= 4 is 22.8 Å². The van der Waals surface area contributed by atoms with E-state index < -0.39 is 0 Å². The van der Waals surface area contributed by atoms with E-state index in [1.54, 1.807) is 0 Å². The van der Waals surface area contributed by atoms with Crippen molar-refractivity contribution in [1.82, 2.24) is 10.5 Å². The molecule has 0 saturated heterocycles. The third-order valence-electron chi connectivity index (χ3n) is 3.11. The molecule has 1 aliphatic carbocycles. The van der Waals surface area contributed by atoms with Crippen LogP contribution >= 0.6 is 11.3 Å². The molecule has 1 aromatic heterocycles. The van der Waals surface area contributed by atoms with Gasteiger partial charge in [0.15, 0.2) is 6.79 Å². The molecule has 3 N–H and O–H groups in total. The van der Waals surface area contributed by atoms with Crippen LogP contribution in [0.25, 0.3) is 11.3 Å². The third-order valence-corrected chi connectivity index (χ3v) is 4.13. The van der Waals surface area contributed by atoms with Crippen LogP contribution in [0.2, 0.25) is 0 Å². The van der Waals surface area contributed by atoms with Gasteiger partial charge in [0.1, 0.15) is 12.1 Å². The molecule has 0 unspecified atom stereocenters. The summed E-state index contributed by atoms with van der Waals surface area (Å²) in [5.74, 6) is 0.620. The van der Waals surface area contributed by atoms with E-state index >= 15 is 0 Å². The van der Waals surface area contributed by atoms with E-state index in [0.717, 1.165) is 24.1 Å². The number of aliphatic hydroxyl groups excluding tert-OH is 1. The number of aliphatic hydroxyl groups is 1. The van der Waals surface area contributed by atoms with Crippen molar-refractivity contribution in [3.05, 3.63) is 28.6 Å². The first-order valence-electron chi connectivity index (χ1n) is 6.10. The highest BCUT2D eigenvalue weighted by molar-refractivity contribution is 7.15. The number of hydrogen-bond donors (Lipinski definition) is 3. The Labute approximate surface area is 119 Å². The summed E-state index contributed by atoms with van der Waals surface area (Å²) in [6.45, 7) is -0.347. The van der Waals surface area contributed by atoms with E-state index in [1.807, 2.05) is 23.7 Å². The molecule has 0 saturated carbocycles. The van der Waals surface area contributed by atoms with Gasteiger partial charge >= 0.3 is 0 Å². The van der Waals surface area contributed by atoms with Gasteiger partial charge in [-0.2, -0.15) is 0 Å². The molecule has 20 heavy (non-hydrogen) atoms. The van der Waals surface area contributed by atoms with E-state index in [1.165, 1.54) is 28.1 Å². The minimum atomic E-state index is -0.347. The molecule has 3 rings (SSSR count). The number of nitrogens with zero attached hydrogens (tertiary/aromatic N) is 2. The van der Waals surface area contributed by atoms with Crippen molar-refractivity contribution in [2.24, 2.45) is 4.99 Å². The number of hydroxylamine groups is 1. The molecule has 0 amide bonds. The van der Waals surface area contributed by atoms with Crippen molar-refractivity contribution in [3.8, 4) is 17.0 Å². The Hall–Kier alpha value is -1.96. The highest BCUT2D eigenvalue weighted by Gasteiger charge is 2.21. The van der Waals surface area contributed by atoms with Gasteiger partial charge in [0.05, 0.1) is 5.69 Å². The zero-order valence-corrected chi connectivity index (χ0v) is 11.4. The maximum absolute atomic E-state index is 8.83. The highest BCUT2D eigenvalue weighted by Crippen LogP contribution is 2.40. The molecule has 1 heterocycles. The monoisotopic (exact) mass is 291 g/mol. The lowest BCUT2D eigenvalue weighted by Crippen LogP contribution is -2.03. The van der Waals surface area contributed by atoms with Gasteiger partial charge in [-0.05, 0) is 30.5 Å². The minimum absolute atomic E-state index is 0.347. The summed E-state index contributed by atoms with van der Waals surface area (Å²) in [6, 6.07) is 5.74. The molecule has 1 aliphatic rings. The number of ether oxygens (including phenoxy) is 1.